The van der Waals surface area contributed by atoms with Crippen molar-refractivity contribution in [3.8, 4) is 6.07 Å². The molecule has 10 nitrogen and oxygen atoms in total. The molecule has 14 heteroatoms. The number of hydrogen-bond donors (Lipinski definition) is 3. The van der Waals surface area contributed by atoms with Crippen molar-refractivity contribution in [2.24, 2.45) is 0 Å². The smallest absolute Gasteiger partial charge is 0.369 e. The number of fused-ring (bicyclic) bond motifs is 2. The van der Waals surface area contributed by atoms with Gasteiger partial charge in [0.2, 0.25) is 0 Å². The largest absolute Gasteiger partial charge is 0.393 e. The molecule has 0 bridgehead atoms. The molecule has 1 saturated heterocycles. The zero-order valence-electron chi connectivity index (χ0n) is 25.3. The number of nitriles is 1. The second-order valence-corrected chi connectivity index (χ2v) is 12.7. The number of aliphatic hydroxyl groups excluding tert-OH is 1. The maximum atomic E-state index is 12.9. The molecule has 3 N–H and O–H groups in total. The zero-order valence-corrected chi connectivity index (χ0v) is 26.1. The van der Waals surface area contributed by atoms with E-state index in [2.05, 4.69) is 62.4 Å². The number of likely N-dealkylation sites (tertiary alicyclic amines) is 1. The van der Waals surface area contributed by atoms with E-state index in [-0.39, 0.29) is 10.9 Å². The van der Waals surface area contributed by atoms with Crippen LogP contribution in [0.3, 0.4) is 0 Å². The molecule has 0 radical (unpaired) electrons. The van der Waals surface area contributed by atoms with E-state index < -0.39 is 18.8 Å². The van der Waals surface area contributed by atoms with Gasteiger partial charge in [-0.15, -0.1) is 11.3 Å². The Morgan fingerprint density at radius 2 is 2.02 bits per heavy atom. The first-order chi connectivity index (χ1) is 22.1. The Labute approximate surface area is 267 Å². The van der Waals surface area contributed by atoms with E-state index in [1.165, 1.54) is 22.8 Å². The first-order valence-electron chi connectivity index (χ1n) is 15.0. The molecule has 1 fully saturated rings. The number of halogens is 3. The lowest BCUT2D eigenvalue weighted by Crippen LogP contribution is -2.39. The molecule has 5 aromatic rings. The number of aromatic nitrogens is 5. The Balaban J connectivity index is 1.08. The monoisotopic (exact) mass is 649 g/mol. The van der Waals surface area contributed by atoms with Gasteiger partial charge in [-0.05, 0) is 67.2 Å². The third kappa shape index (κ3) is 7.01. The van der Waals surface area contributed by atoms with E-state index in [1.54, 1.807) is 18.5 Å². The molecule has 0 amide bonds. The minimum atomic E-state index is -4.26. The summed E-state index contributed by atoms with van der Waals surface area (Å²) in [6, 6.07) is 10.3. The minimum Gasteiger partial charge on any atom is -0.369 e. The average Bonchev–Trinajstić information content (AvgIpc) is 3.74. The number of alkyl halides is 3. The molecule has 6 rings (SSSR count). The van der Waals surface area contributed by atoms with Crippen molar-refractivity contribution in [1.29, 1.82) is 5.26 Å². The molecule has 1 aliphatic heterocycles. The SMILES string of the molecule is C=CC(O)Nn1cc(CCn2c(C#N)cc3c(C)c(CN4CCC(Nc5ncnc6sc(CC(F)(F)F)cc56)CC4)ccc32)cn1. The van der Waals surface area contributed by atoms with E-state index in [0.717, 1.165) is 65.8 Å². The first-order valence-corrected chi connectivity index (χ1v) is 15.8. The molecular weight excluding hydrogens is 615 g/mol. The highest BCUT2D eigenvalue weighted by molar-refractivity contribution is 7.18. The van der Waals surface area contributed by atoms with Crippen LogP contribution in [0.2, 0.25) is 0 Å². The van der Waals surface area contributed by atoms with Gasteiger partial charge in [0, 0.05) is 48.0 Å². The normalized spacial score (nSPS) is 15.3. The average molecular weight is 650 g/mol. The first kappa shape index (κ1) is 31.5. The molecule has 1 atom stereocenters. The number of anilines is 1. The lowest BCUT2D eigenvalue weighted by molar-refractivity contribution is -0.126. The predicted octanol–water partition coefficient (Wildman–Crippen LogP) is 5.49. The van der Waals surface area contributed by atoms with E-state index in [4.69, 9.17) is 0 Å². The Kier molecular flexibility index (Phi) is 8.99. The van der Waals surface area contributed by atoms with Crippen LogP contribution in [0.5, 0.6) is 0 Å². The third-order valence-electron chi connectivity index (χ3n) is 8.41. The summed E-state index contributed by atoms with van der Waals surface area (Å²) in [6.45, 7) is 8.76. The van der Waals surface area contributed by atoms with Gasteiger partial charge in [-0.3, -0.25) is 10.3 Å². The van der Waals surface area contributed by atoms with Gasteiger partial charge in [-0.25, -0.2) is 9.97 Å². The summed E-state index contributed by atoms with van der Waals surface area (Å²) in [7, 11) is 0. The van der Waals surface area contributed by atoms with E-state index in [1.807, 2.05) is 10.6 Å². The van der Waals surface area contributed by atoms with Gasteiger partial charge < -0.3 is 15.0 Å². The summed E-state index contributed by atoms with van der Waals surface area (Å²) >= 11 is 1.06. The Hall–Kier alpha value is -4.45. The van der Waals surface area contributed by atoms with Crippen molar-refractivity contribution in [3.63, 3.8) is 0 Å². The fraction of sp³-hybridized carbons (Fsp3) is 0.375. The number of benzene rings is 1. The van der Waals surface area contributed by atoms with Crippen LogP contribution in [-0.4, -0.2) is 66.0 Å². The molecule has 4 aromatic heterocycles. The number of rotatable bonds is 11. The summed E-state index contributed by atoms with van der Waals surface area (Å²) in [5, 5.41) is 29.0. The zero-order chi connectivity index (χ0) is 32.4. The van der Waals surface area contributed by atoms with E-state index in [0.29, 0.717) is 34.7 Å². The maximum absolute atomic E-state index is 12.9. The number of thiophene rings is 1. The Morgan fingerprint density at radius 3 is 2.76 bits per heavy atom. The second kappa shape index (κ2) is 13.1. The molecule has 0 aliphatic carbocycles. The number of hydrogen-bond acceptors (Lipinski definition) is 9. The van der Waals surface area contributed by atoms with Gasteiger partial charge in [-0.2, -0.15) is 28.3 Å². The van der Waals surface area contributed by atoms with Crippen LogP contribution in [0, 0.1) is 18.3 Å². The van der Waals surface area contributed by atoms with Crippen molar-refractivity contribution >= 4 is 38.3 Å². The number of piperidine rings is 1. The number of aliphatic hydroxyl groups is 1. The fourth-order valence-electron chi connectivity index (χ4n) is 5.99. The van der Waals surface area contributed by atoms with Crippen LogP contribution >= 0.6 is 11.3 Å². The quantitative estimate of drug-likeness (QED) is 0.127. The van der Waals surface area contributed by atoms with Crippen LogP contribution < -0.4 is 10.7 Å². The fourth-order valence-corrected chi connectivity index (χ4v) is 7.02. The van der Waals surface area contributed by atoms with Crippen molar-refractivity contribution in [1.82, 2.24) is 29.3 Å². The van der Waals surface area contributed by atoms with Crippen LogP contribution in [0.4, 0.5) is 19.0 Å². The molecule has 0 spiro atoms. The third-order valence-corrected chi connectivity index (χ3v) is 9.45. The number of aryl methyl sites for hydroxylation is 3. The summed E-state index contributed by atoms with van der Waals surface area (Å²) < 4.78 is 40.8. The van der Waals surface area contributed by atoms with Crippen molar-refractivity contribution in [2.75, 3.05) is 23.8 Å². The predicted molar refractivity (Wildman–Crippen MR) is 172 cm³/mol. The van der Waals surface area contributed by atoms with Crippen LogP contribution in [0.25, 0.3) is 21.1 Å². The van der Waals surface area contributed by atoms with Gasteiger partial charge in [-0.1, -0.05) is 12.6 Å². The van der Waals surface area contributed by atoms with Gasteiger partial charge in [0.05, 0.1) is 24.2 Å². The molecule has 1 aromatic carbocycles. The maximum Gasteiger partial charge on any atom is 0.393 e. The lowest BCUT2D eigenvalue weighted by Gasteiger charge is -2.33. The molecule has 0 saturated carbocycles. The van der Waals surface area contributed by atoms with Crippen LogP contribution in [-0.2, 0) is 25.9 Å². The van der Waals surface area contributed by atoms with Crippen molar-refractivity contribution in [2.45, 2.75) is 64.1 Å². The van der Waals surface area contributed by atoms with Crippen LogP contribution in [0.15, 0.2) is 55.6 Å². The highest BCUT2D eigenvalue weighted by Gasteiger charge is 2.29. The van der Waals surface area contributed by atoms with Crippen molar-refractivity contribution < 1.29 is 18.3 Å². The van der Waals surface area contributed by atoms with Gasteiger partial charge in [0.15, 0.2) is 6.23 Å². The van der Waals surface area contributed by atoms with Crippen LogP contribution in [0.1, 0.15) is 40.1 Å². The van der Waals surface area contributed by atoms with Gasteiger partial charge >= 0.3 is 6.18 Å². The Bertz CT molecular complexity index is 1900. The van der Waals surface area contributed by atoms with E-state index in [9.17, 15) is 23.5 Å². The Morgan fingerprint density at radius 1 is 1.22 bits per heavy atom. The van der Waals surface area contributed by atoms with Gasteiger partial charge in [0.1, 0.15) is 28.7 Å². The summed E-state index contributed by atoms with van der Waals surface area (Å²) in [6.07, 6.45) is 2.59. The van der Waals surface area contributed by atoms with E-state index >= 15 is 0 Å². The summed E-state index contributed by atoms with van der Waals surface area (Å²) in [4.78, 5) is 13.2. The summed E-state index contributed by atoms with van der Waals surface area (Å²) in [5.74, 6) is 0.587. The molecule has 5 heterocycles. The lowest BCUT2D eigenvalue weighted by atomic mass is 10.0. The molecular formula is C32H34F3N9OS. The number of nitrogens with zero attached hydrogens (tertiary/aromatic N) is 7. The highest BCUT2D eigenvalue weighted by atomic mass is 32.1. The number of nitrogens with one attached hydrogen (secondary N) is 2. The van der Waals surface area contributed by atoms with Crippen molar-refractivity contribution in [3.05, 3.63) is 82.9 Å². The molecule has 240 valence electrons. The topological polar surface area (TPSA) is 120 Å². The standard InChI is InChI=1S/C32H34F3N9OS/c1-3-29(45)41-44-17-21(16-39-44)6-11-43-24(15-36)12-26-20(2)22(4-5-28(26)43)18-42-9-7-23(8-10-42)40-30-27-13-25(14-32(33,34)35)46-31(27)38-19-37-30/h3-5,12-13,16-17,19,23,29,41,45H,1,6-11,14,18H2,2H3,(H,37,38,40). The molecule has 1 aliphatic rings. The highest BCUT2D eigenvalue weighted by Crippen LogP contribution is 2.33. The molecule has 46 heavy (non-hydrogen) atoms. The minimum absolute atomic E-state index is 0.158. The molecule has 1 unspecified atom stereocenters. The van der Waals surface area contributed by atoms with Gasteiger partial charge in [0.25, 0.3) is 0 Å². The summed E-state index contributed by atoms with van der Waals surface area (Å²) in [5.41, 5.74) is 7.71. The second-order valence-electron chi connectivity index (χ2n) is 11.6.